The molecule has 2 amide bonds. The Balaban J connectivity index is 1.64. The van der Waals surface area contributed by atoms with Crippen molar-refractivity contribution in [3.05, 3.63) is 58.3 Å². The number of anilines is 1. The number of carbonyl (C=O) groups excluding carboxylic acids is 2. The Hall–Kier alpha value is -2.11. The Morgan fingerprint density at radius 3 is 2.71 bits per heavy atom. The zero-order valence-electron chi connectivity index (χ0n) is 12.7. The molecule has 0 bridgehead atoms. The maximum Gasteiger partial charge on any atom is 0.227 e. The number of rotatable bonds is 4. The number of amides is 2. The largest absolute Gasteiger partial charge is 0.352 e. The van der Waals surface area contributed by atoms with Gasteiger partial charge in [-0.2, -0.15) is 0 Å². The smallest absolute Gasteiger partial charge is 0.227 e. The zero-order valence-corrected chi connectivity index (χ0v) is 14.2. The molecule has 3 rings (SSSR count). The fourth-order valence-corrected chi connectivity index (χ4v) is 3.16. The number of pyridine rings is 1. The van der Waals surface area contributed by atoms with Gasteiger partial charge in [0, 0.05) is 36.9 Å². The third-order valence-corrected chi connectivity index (χ3v) is 4.45. The van der Waals surface area contributed by atoms with Gasteiger partial charge in [0.1, 0.15) is 0 Å². The van der Waals surface area contributed by atoms with E-state index in [1.807, 2.05) is 12.1 Å². The van der Waals surface area contributed by atoms with Crippen LogP contribution in [0.2, 0.25) is 10.0 Å². The lowest BCUT2D eigenvalue weighted by Gasteiger charge is -2.18. The maximum atomic E-state index is 12.3. The molecular formula is C17H15Cl2N3O2. The van der Waals surface area contributed by atoms with Gasteiger partial charge in [0.2, 0.25) is 11.8 Å². The number of carbonyl (C=O) groups is 2. The quantitative estimate of drug-likeness (QED) is 0.907. The second-order valence-corrected chi connectivity index (χ2v) is 6.42. The summed E-state index contributed by atoms with van der Waals surface area (Å²) < 4.78 is 0. The van der Waals surface area contributed by atoms with Gasteiger partial charge in [-0.25, -0.2) is 0 Å². The van der Waals surface area contributed by atoms with E-state index in [0.717, 1.165) is 5.56 Å². The van der Waals surface area contributed by atoms with Gasteiger partial charge < -0.3 is 10.2 Å². The molecule has 1 aliphatic heterocycles. The summed E-state index contributed by atoms with van der Waals surface area (Å²) in [6.45, 7) is 0.718. The van der Waals surface area contributed by atoms with Crippen LogP contribution in [0.5, 0.6) is 0 Å². The van der Waals surface area contributed by atoms with Crippen LogP contribution < -0.4 is 10.2 Å². The van der Waals surface area contributed by atoms with Crippen molar-refractivity contribution in [2.24, 2.45) is 5.92 Å². The average molecular weight is 364 g/mol. The van der Waals surface area contributed by atoms with Crippen LogP contribution in [-0.4, -0.2) is 23.3 Å². The highest BCUT2D eigenvalue weighted by Crippen LogP contribution is 2.33. The Morgan fingerprint density at radius 1 is 1.25 bits per heavy atom. The highest BCUT2D eigenvalue weighted by Gasteiger charge is 2.35. The normalized spacial score (nSPS) is 17.2. The minimum atomic E-state index is -0.397. The summed E-state index contributed by atoms with van der Waals surface area (Å²) in [6, 6.07) is 8.62. The van der Waals surface area contributed by atoms with Gasteiger partial charge in [0.25, 0.3) is 0 Å². The molecule has 24 heavy (non-hydrogen) atoms. The van der Waals surface area contributed by atoms with Crippen LogP contribution in [-0.2, 0) is 16.1 Å². The van der Waals surface area contributed by atoms with Crippen molar-refractivity contribution in [2.45, 2.75) is 13.0 Å². The summed E-state index contributed by atoms with van der Waals surface area (Å²) in [4.78, 5) is 30.0. The molecule has 2 heterocycles. The number of halogens is 2. The predicted molar refractivity (Wildman–Crippen MR) is 93.0 cm³/mol. The molecule has 7 heteroatoms. The first-order valence-electron chi connectivity index (χ1n) is 7.46. The van der Waals surface area contributed by atoms with E-state index in [9.17, 15) is 9.59 Å². The summed E-state index contributed by atoms with van der Waals surface area (Å²) in [5, 5.41) is 3.76. The first kappa shape index (κ1) is 16.7. The van der Waals surface area contributed by atoms with E-state index in [1.165, 1.54) is 4.90 Å². The Morgan fingerprint density at radius 2 is 2.00 bits per heavy atom. The number of benzene rings is 1. The maximum absolute atomic E-state index is 12.3. The molecule has 124 valence electrons. The molecule has 0 saturated carbocycles. The van der Waals surface area contributed by atoms with Crippen molar-refractivity contribution >= 4 is 40.7 Å². The molecule has 1 fully saturated rings. The summed E-state index contributed by atoms with van der Waals surface area (Å²) in [7, 11) is 0. The second-order valence-electron chi connectivity index (χ2n) is 5.57. The van der Waals surface area contributed by atoms with Crippen molar-refractivity contribution in [1.82, 2.24) is 10.3 Å². The molecular weight excluding hydrogens is 349 g/mol. The minimum absolute atomic E-state index is 0.122. The molecule has 1 N–H and O–H groups in total. The summed E-state index contributed by atoms with van der Waals surface area (Å²) in [5.74, 6) is -0.665. The lowest BCUT2D eigenvalue weighted by molar-refractivity contribution is -0.126. The zero-order chi connectivity index (χ0) is 17.1. The molecule has 1 aromatic carbocycles. The van der Waals surface area contributed by atoms with Gasteiger partial charge >= 0.3 is 0 Å². The van der Waals surface area contributed by atoms with E-state index in [1.54, 1.807) is 30.6 Å². The fraction of sp³-hybridized carbons (Fsp3) is 0.235. The molecule has 2 aromatic rings. The summed E-state index contributed by atoms with van der Waals surface area (Å²) in [5.41, 5.74) is 1.54. The Labute approximate surface area is 149 Å². The molecule has 0 radical (unpaired) electrons. The highest BCUT2D eigenvalue weighted by atomic mass is 35.5. The highest BCUT2D eigenvalue weighted by molar-refractivity contribution is 6.36. The molecule has 1 atom stereocenters. The predicted octanol–water partition coefficient (Wildman–Crippen LogP) is 3.06. The van der Waals surface area contributed by atoms with E-state index < -0.39 is 5.92 Å². The number of aromatic nitrogens is 1. The van der Waals surface area contributed by atoms with Gasteiger partial charge in [-0.1, -0.05) is 23.2 Å². The van der Waals surface area contributed by atoms with E-state index in [0.29, 0.717) is 28.8 Å². The molecule has 1 aromatic heterocycles. The van der Waals surface area contributed by atoms with Crippen LogP contribution in [0.1, 0.15) is 12.0 Å². The number of nitrogens with one attached hydrogen (secondary N) is 1. The van der Waals surface area contributed by atoms with Crippen molar-refractivity contribution in [3.8, 4) is 0 Å². The van der Waals surface area contributed by atoms with Gasteiger partial charge in [-0.15, -0.1) is 0 Å². The summed E-state index contributed by atoms with van der Waals surface area (Å²) >= 11 is 12.0. The van der Waals surface area contributed by atoms with Gasteiger partial charge in [-0.3, -0.25) is 14.6 Å². The van der Waals surface area contributed by atoms with E-state index >= 15 is 0 Å². The Kier molecular flexibility index (Phi) is 5.02. The summed E-state index contributed by atoms with van der Waals surface area (Å²) in [6.07, 6.45) is 3.51. The first-order valence-corrected chi connectivity index (χ1v) is 8.22. The number of nitrogens with zero attached hydrogens (tertiary/aromatic N) is 2. The van der Waals surface area contributed by atoms with Crippen LogP contribution in [0.3, 0.4) is 0 Å². The molecule has 1 unspecified atom stereocenters. The van der Waals surface area contributed by atoms with E-state index in [4.69, 9.17) is 23.2 Å². The number of hydrogen-bond acceptors (Lipinski definition) is 3. The average Bonchev–Trinajstić information content (AvgIpc) is 2.95. The fourth-order valence-electron chi connectivity index (χ4n) is 2.65. The van der Waals surface area contributed by atoms with Gasteiger partial charge in [0.15, 0.2) is 0 Å². The molecule has 1 saturated heterocycles. The minimum Gasteiger partial charge on any atom is -0.352 e. The van der Waals surface area contributed by atoms with Crippen LogP contribution >= 0.6 is 23.2 Å². The SMILES string of the molecule is O=C(NCc1ccncc1)C1CC(=O)N(c2ccc(Cl)cc2Cl)C1. The molecule has 0 aliphatic carbocycles. The van der Waals surface area contributed by atoms with Crippen molar-refractivity contribution in [1.29, 1.82) is 0 Å². The first-order chi connectivity index (χ1) is 11.5. The van der Waals surface area contributed by atoms with E-state index in [-0.39, 0.29) is 18.2 Å². The lowest BCUT2D eigenvalue weighted by Crippen LogP contribution is -2.32. The van der Waals surface area contributed by atoms with Crippen LogP contribution in [0.15, 0.2) is 42.7 Å². The third-order valence-electron chi connectivity index (χ3n) is 3.91. The number of hydrogen-bond donors (Lipinski definition) is 1. The van der Waals surface area contributed by atoms with Crippen LogP contribution in [0.25, 0.3) is 0 Å². The van der Waals surface area contributed by atoms with Crippen molar-refractivity contribution in [3.63, 3.8) is 0 Å². The molecule has 5 nitrogen and oxygen atoms in total. The van der Waals surface area contributed by atoms with Gasteiger partial charge in [0.05, 0.1) is 16.6 Å². The van der Waals surface area contributed by atoms with Crippen molar-refractivity contribution < 1.29 is 9.59 Å². The molecule has 1 aliphatic rings. The monoisotopic (exact) mass is 363 g/mol. The van der Waals surface area contributed by atoms with E-state index in [2.05, 4.69) is 10.3 Å². The molecule has 0 spiro atoms. The standard InChI is InChI=1S/C17H15Cl2N3O2/c18-13-1-2-15(14(19)8-13)22-10-12(7-16(22)23)17(24)21-9-11-3-5-20-6-4-11/h1-6,8,12H,7,9-10H2,(H,21,24). The lowest BCUT2D eigenvalue weighted by atomic mass is 10.1. The second kappa shape index (κ2) is 7.20. The van der Waals surface area contributed by atoms with Crippen LogP contribution in [0.4, 0.5) is 5.69 Å². The Bertz CT molecular complexity index is 768. The van der Waals surface area contributed by atoms with Crippen molar-refractivity contribution in [2.75, 3.05) is 11.4 Å². The third kappa shape index (κ3) is 3.68. The van der Waals surface area contributed by atoms with Gasteiger partial charge in [-0.05, 0) is 35.9 Å². The van der Waals surface area contributed by atoms with Crippen LogP contribution in [0, 0.1) is 5.92 Å². The topological polar surface area (TPSA) is 62.3 Å².